The average molecular weight is 1410 g/mol. The van der Waals surface area contributed by atoms with Crippen LogP contribution in [0, 0.1) is 23.7 Å². The van der Waals surface area contributed by atoms with Crippen molar-refractivity contribution in [1.29, 1.82) is 0 Å². The number of hydrogen-bond donors (Lipinski definition) is 8. The molecule has 0 aliphatic carbocycles. The Morgan fingerprint density at radius 1 is 0.848 bits per heavy atom. The molecule has 15 atom stereocenters. The molecule has 9 N–H and O–H groups in total. The molecular weight excluding hydrogens is 1310 g/mol. The lowest BCUT2D eigenvalue weighted by atomic mass is 9.89. The van der Waals surface area contributed by atoms with E-state index in [1.54, 1.807) is 88.6 Å². The van der Waals surface area contributed by atoms with E-state index in [-0.39, 0.29) is 62.3 Å². The molecule has 0 spiro atoms. The van der Waals surface area contributed by atoms with Crippen LogP contribution in [0.2, 0.25) is 0 Å². The van der Waals surface area contributed by atoms with Crippen LogP contribution in [0.5, 0.6) is 5.75 Å². The zero-order valence-electron chi connectivity index (χ0n) is 59.1. The van der Waals surface area contributed by atoms with Crippen molar-refractivity contribution in [3.8, 4) is 5.75 Å². The Kier molecular flexibility index (Phi) is 32.1. The van der Waals surface area contributed by atoms with Crippen LogP contribution in [0.25, 0.3) is 10.1 Å². The highest BCUT2D eigenvalue weighted by molar-refractivity contribution is 7.19. The van der Waals surface area contributed by atoms with Crippen LogP contribution >= 0.6 is 11.3 Å². The molecule has 2 aliphatic heterocycles. The summed E-state index contributed by atoms with van der Waals surface area (Å²) in [6.07, 6.45) is -8.31. The number of carbonyl (C=O) groups is 7. The summed E-state index contributed by atoms with van der Waals surface area (Å²) < 4.78 is 49.0. The van der Waals surface area contributed by atoms with Crippen molar-refractivity contribution in [1.82, 2.24) is 40.3 Å². The molecule has 0 bridgehead atoms. The fourth-order valence-corrected chi connectivity index (χ4v) is 14.0. The van der Waals surface area contributed by atoms with Gasteiger partial charge in [-0.3, -0.25) is 28.9 Å². The number of nitrogens with one attached hydrogen (secondary N) is 2. The number of aryl methyl sites for hydroxylation is 1. The Bertz CT molecular complexity index is 3230. The van der Waals surface area contributed by atoms with Gasteiger partial charge >= 0.3 is 18.0 Å². The number of ether oxygens (including phenoxy) is 8. The minimum Gasteiger partial charge on any atom is -0.481 e. The Labute approximate surface area is 583 Å². The number of hydrogen-bond acceptors (Lipinski definition) is 22. The lowest BCUT2D eigenvalue weighted by Gasteiger charge is -2.41. The molecule has 2 aromatic heterocycles. The lowest BCUT2D eigenvalue weighted by Crippen LogP contribution is -2.60. The number of aliphatic hydroxyl groups is 3. The molecule has 6 rings (SSSR count). The molecule has 0 saturated carbocycles. The third-order valence-corrected chi connectivity index (χ3v) is 19.6. The predicted octanol–water partition coefficient (Wildman–Crippen LogP) is 4.49. The van der Waals surface area contributed by atoms with Crippen molar-refractivity contribution in [2.75, 3.05) is 81.0 Å². The van der Waals surface area contributed by atoms with E-state index < -0.39 is 133 Å². The van der Waals surface area contributed by atoms with E-state index >= 15 is 4.79 Å². The van der Waals surface area contributed by atoms with Crippen molar-refractivity contribution in [2.45, 2.75) is 193 Å². The van der Waals surface area contributed by atoms with Gasteiger partial charge in [-0.25, -0.2) is 14.3 Å². The third kappa shape index (κ3) is 22.3. The monoisotopic (exact) mass is 1410 g/mol. The van der Waals surface area contributed by atoms with Gasteiger partial charge in [-0.2, -0.15) is 0 Å². The summed E-state index contributed by atoms with van der Waals surface area (Å²) in [4.78, 5) is 102. The highest BCUT2D eigenvalue weighted by atomic mass is 32.1. The maximum Gasteiger partial charge on any atom is 0.410 e. The Balaban J connectivity index is 1.23. The second-order valence-corrected chi connectivity index (χ2v) is 27.3. The number of likely N-dealkylation sites (tertiary alicyclic amines) is 1. The number of nitrogens with zero attached hydrogens (tertiary/aromatic N) is 6. The van der Waals surface area contributed by atoms with Gasteiger partial charge in [-0.1, -0.05) is 96.5 Å². The van der Waals surface area contributed by atoms with E-state index in [0.717, 1.165) is 4.90 Å². The fourth-order valence-electron chi connectivity index (χ4n) is 12.7. The van der Waals surface area contributed by atoms with Crippen LogP contribution in [0.1, 0.15) is 128 Å². The molecular formula is C69H105N9O20S. The van der Waals surface area contributed by atoms with Crippen LogP contribution in [0.3, 0.4) is 0 Å². The summed E-state index contributed by atoms with van der Waals surface area (Å²) in [5.74, 6) is -6.12. The molecule has 4 aromatic rings. The maximum atomic E-state index is 15.1. The van der Waals surface area contributed by atoms with Gasteiger partial charge in [0.05, 0.1) is 113 Å². The molecule has 2 aliphatic rings. The molecule has 30 heteroatoms. The smallest absolute Gasteiger partial charge is 0.410 e. The minimum absolute atomic E-state index is 0.0690. The zero-order chi connectivity index (χ0) is 72.8. The van der Waals surface area contributed by atoms with Crippen molar-refractivity contribution in [3.63, 3.8) is 0 Å². The van der Waals surface area contributed by atoms with Crippen molar-refractivity contribution >= 4 is 63.1 Å². The van der Waals surface area contributed by atoms with Crippen molar-refractivity contribution in [3.05, 3.63) is 76.4 Å². The zero-order valence-corrected chi connectivity index (χ0v) is 59.9. The first-order chi connectivity index (χ1) is 47.1. The number of aliphatic carboxylic acids is 2. The first-order valence-corrected chi connectivity index (χ1v) is 34.9. The number of nitrogens with two attached hydrogens (primary N) is 1. The first-order valence-electron chi connectivity index (χ1n) is 34.1. The maximum absolute atomic E-state index is 15.1. The SMILES string of the molecule is CC[C@H](C)[C@@H]([C@@H](CC(=O)N1CCC[C@H]1[C@H](OC)[C@@H](C)C(=O)N[C@H](C)[C@@H](O)c1ccccc1)OC)N(C)C(=O)[C@@H](NC(=O)[C@H](C(C)C)N(C)C(=O)OC(Cc1cn(CCOCCOCCOCCN)nn1)c1ccc(O[C@@H]2O[C@H](C(=O)O)C[C@H](O)[C@H]2O)c2cc(CCC(=O)O)sc12)C(C)C. The Morgan fingerprint density at radius 3 is 2.14 bits per heavy atom. The van der Waals surface area contributed by atoms with Gasteiger partial charge in [0.15, 0.2) is 6.10 Å². The molecule has 29 nitrogen and oxygen atoms in total. The number of benzene rings is 2. The largest absolute Gasteiger partial charge is 0.481 e. The second kappa shape index (κ2) is 39.3. The van der Waals surface area contributed by atoms with Crippen LogP contribution in [0.4, 0.5) is 4.79 Å². The number of rotatable bonds is 41. The average Bonchev–Trinajstić information content (AvgIpc) is 1.70. The summed E-state index contributed by atoms with van der Waals surface area (Å²) in [5, 5.41) is 67.1. The highest BCUT2D eigenvalue weighted by Gasteiger charge is 2.45. The van der Waals surface area contributed by atoms with Crippen LogP contribution < -0.4 is 21.1 Å². The van der Waals surface area contributed by atoms with Gasteiger partial charge in [0.1, 0.15) is 30.0 Å². The first kappa shape index (κ1) is 81.0. The number of aromatic nitrogens is 3. The number of likely N-dealkylation sites (N-methyl/N-ethyl adjacent to an activating group) is 2. The quantitative estimate of drug-likeness (QED) is 0.0284. The number of carboxylic acid groups (broad SMARTS) is 2. The van der Waals surface area contributed by atoms with E-state index in [1.807, 2.05) is 32.0 Å². The molecule has 4 heterocycles. The van der Waals surface area contributed by atoms with Gasteiger partial charge in [0, 0.05) is 81.0 Å². The number of carbonyl (C=O) groups excluding carboxylic acids is 5. The molecule has 5 amide bonds. The van der Waals surface area contributed by atoms with Crippen molar-refractivity contribution < 1.29 is 97.0 Å². The Morgan fingerprint density at radius 2 is 1.53 bits per heavy atom. The summed E-state index contributed by atoms with van der Waals surface area (Å²) >= 11 is 1.18. The summed E-state index contributed by atoms with van der Waals surface area (Å²) in [6.45, 7) is 17.6. The molecule has 2 fully saturated rings. The van der Waals surface area contributed by atoms with E-state index in [9.17, 15) is 54.3 Å². The molecule has 2 saturated heterocycles. The fraction of sp³-hybridized carbons (Fsp3) is 0.667. The molecule has 99 heavy (non-hydrogen) atoms. The van der Waals surface area contributed by atoms with Crippen LogP contribution in [0.15, 0.2) is 54.7 Å². The standard InChI is InChI=1S/C69H105N9O20S/c1-13-41(6)59(53(91-11)37-55(80)78-26-17-20-49(78)62(92-12)42(7)64(85)71-43(8)60(83)44-18-15-14-16-19-44)75(9)66(87)57(39(2)3)72-65(86)58(40(4)5)76(10)69(90)98-52(34-45-38-77(74-73-45)27-29-94-31-33-95-32-30-93-28-25-70)47-22-23-51(48-35-46(99-63(47)48)21-24-56(81)82)96-68-61(84)50(79)36-54(97-68)67(88)89/h14-16,18-19,22-23,35,38-43,49-50,52-54,57-62,68,79,83-84H,13,17,20-21,24-34,36-37,70H2,1-12H3,(H,71,85)(H,72,86)(H,81,82)(H,88,89)/t41-,42+,43+,49-,50-,52?,53+,54-,57-,58-,59-,60+,61+,62+,68+/m0/s1. The summed E-state index contributed by atoms with van der Waals surface area (Å²) in [6, 6.07) is 9.62. The highest BCUT2D eigenvalue weighted by Crippen LogP contribution is 2.42. The number of fused-ring (bicyclic) bond motifs is 1. The number of aliphatic hydroxyl groups excluding tert-OH is 3. The van der Waals surface area contributed by atoms with Crippen LogP contribution in [-0.2, 0) is 81.3 Å². The van der Waals surface area contributed by atoms with Crippen LogP contribution in [-0.4, -0.2) is 245 Å². The van der Waals surface area contributed by atoms with E-state index in [0.29, 0.717) is 97.2 Å². The van der Waals surface area contributed by atoms with E-state index in [1.165, 1.54) is 43.6 Å². The minimum atomic E-state index is -1.66. The molecule has 552 valence electrons. The van der Waals surface area contributed by atoms with Gasteiger partial charge in [-0.15, -0.1) is 16.4 Å². The lowest BCUT2D eigenvalue weighted by molar-refractivity contribution is -0.237. The van der Waals surface area contributed by atoms with E-state index in [2.05, 4.69) is 20.9 Å². The summed E-state index contributed by atoms with van der Waals surface area (Å²) in [7, 11) is 6.02. The van der Waals surface area contributed by atoms with Gasteiger partial charge in [-0.05, 0) is 61.6 Å². The Hall–Kier alpha value is -6.97. The number of carboxylic acids is 2. The van der Waals surface area contributed by atoms with Crippen molar-refractivity contribution in [2.24, 2.45) is 29.4 Å². The summed E-state index contributed by atoms with van der Waals surface area (Å²) in [5.41, 5.74) is 6.88. The third-order valence-electron chi connectivity index (χ3n) is 18.4. The molecule has 0 radical (unpaired) electrons. The number of amides is 5. The molecule has 1 unspecified atom stereocenters. The molecule has 2 aromatic carbocycles. The predicted molar refractivity (Wildman–Crippen MR) is 364 cm³/mol. The normalized spacial score (nSPS) is 20.3. The van der Waals surface area contributed by atoms with E-state index in [4.69, 9.17) is 43.6 Å². The van der Waals surface area contributed by atoms with Gasteiger partial charge in [0.2, 0.25) is 29.9 Å². The topological polar surface area (TPSA) is 385 Å². The second-order valence-electron chi connectivity index (χ2n) is 26.2. The van der Waals surface area contributed by atoms with Gasteiger partial charge in [0.25, 0.3) is 0 Å². The number of thiophene rings is 1. The number of methoxy groups -OCH3 is 2. The van der Waals surface area contributed by atoms with Gasteiger partial charge < -0.3 is 89.6 Å².